The van der Waals surface area contributed by atoms with E-state index < -0.39 is 18.0 Å². The van der Waals surface area contributed by atoms with E-state index in [0.29, 0.717) is 29.9 Å². The molecule has 1 aliphatic heterocycles. The maximum Gasteiger partial charge on any atom is 0.573 e. The quantitative estimate of drug-likeness (QED) is 0.616. The van der Waals surface area contributed by atoms with E-state index in [1.54, 1.807) is 6.08 Å². The number of carboxylic acid groups (broad SMARTS) is 1. The Morgan fingerprint density at radius 1 is 1.26 bits per heavy atom. The number of hydrogen-bond acceptors (Lipinski definition) is 3. The summed E-state index contributed by atoms with van der Waals surface area (Å²) < 4.78 is 47.1. The van der Waals surface area contributed by atoms with E-state index in [4.69, 9.17) is 4.74 Å². The number of amides is 1. The number of halogens is 3. The second-order valence-electron chi connectivity index (χ2n) is 8.22. The zero-order chi connectivity index (χ0) is 23.0. The van der Waals surface area contributed by atoms with Crippen molar-refractivity contribution in [3.63, 3.8) is 0 Å². The summed E-state index contributed by atoms with van der Waals surface area (Å²) in [6.07, 6.45) is -3.49. The maximum absolute atomic E-state index is 12.5. The summed E-state index contributed by atoms with van der Waals surface area (Å²) in [5.41, 5.74) is 3.19. The molecule has 0 fully saturated rings. The van der Waals surface area contributed by atoms with Gasteiger partial charge in [0.05, 0.1) is 13.2 Å². The van der Waals surface area contributed by atoms with Gasteiger partial charge in [0.25, 0.3) is 0 Å². The van der Waals surface area contributed by atoms with Crippen LogP contribution in [0.25, 0.3) is 17.2 Å². The molecule has 0 unspecified atom stereocenters. The number of nitrogens with zero attached hydrogens (tertiary/aromatic N) is 1. The average Bonchev–Trinajstić information content (AvgIpc) is 3.13. The standard InChI is InChI=1S/C23H24F3NO4/c1-5-17-15(13-27(21(28)29)22(2,3)4)12-19(20-18(17)10-11-30-20)14-6-8-16(9-7-14)31-23(24,25)26/h5-9,12H,1,10-11,13H2,2-4H3,(H,28,29). The highest BCUT2D eigenvalue weighted by Crippen LogP contribution is 2.42. The van der Waals surface area contributed by atoms with E-state index in [-0.39, 0.29) is 12.3 Å². The van der Waals surface area contributed by atoms with Crippen LogP contribution in [0, 0.1) is 0 Å². The van der Waals surface area contributed by atoms with Crippen LogP contribution in [0.4, 0.5) is 18.0 Å². The lowest BCUT2D eigenvalue weighted by molar-refractivity contribution is -0.274. The summed E-state index contributed by atoms with van der Waals surface area (Å²) >= 11 is 0. The molecule has 1 aliphatic rings. The number of ether oxygens (including phenoxy) is 2. The molecule has 0 saturated heterocycles. The maximum atomic E-state index is 12.5. The predicted molar refractivity (Wildman–Crippen MR) is 111 cm³/mol. The molecule has 31 heavy (non-hydrogen) atoms. The molecule has 8 heteroatoms. The van der Waals surface area contributed by atoms with Crippen LogP contribution >= 0.6 is 0 Å². The second-order valence-corrected chi connectivity index (χ2v) is 8.22. The molecule has 1 heterocycles. The minimum absolute atomic E-state index is 0.135. The van der Waals surface area contributed by atoms with Gasteiger partial charge in [-0.3, -0.25) is 4.90 Å². The van der Waals surface area contributed by atoms with Gasteiger partial charge in [0, 0.05) is 23.1 Å². The Hall–Kier alpha value is -3.16. The normalized spacial score (nSPS) is 13.4. The van der Waals surface area contributed by atoms with Gasteiger partial charge in [0.1, 0.15) is 11.5 Å². The zero-order valence-corrected chi connectivity index (χ0v) is 17.5. The highest BCUT2D eigenvalue weighted by atomic mass is 19.4. The summed E-state index contributed by atoms with van der Waals surface area (Å²) in [6.45, 7) is 9.92. The average molecular weight is 435 g/mol. The molecule has 0 aliphatic carbocycles. The molecule has 0 radical (unpaired) electrons. The first-order valence-electron chi connectivity index (χ1n) is 9.71. The summed E-state index contributed by atoms with van der Waals surface area (Å²) in [5.74, 6) is 0.322. The lowest BCUT2D eigenvalue weighted by atomic mass is 9.91. The first-order valence-corrected chi connectivity index (χ1v) is 9.71. The van der Waals surface area contributed by atoms with Crippen LogP contribution in [0.2, 0.25) is 0 Å². The zero-order valence-electron chi connectivity index (χ0n) is 17.5. The SMILES string of the molecule is C=Cc1c(CN(C(=O)O)C(C)(C)C)cc(-c2ccc(OC(F)(F)F)cc2)c2c1CCO2. The molecule has 1 amide bonds. The van der Waals surface area contributed by atoms with E-state index in [1.165, 1.54) is 29.2 Å². The number of hydrogen-bond donors (Lipinski definition) is 1. The number of alkyl halides is 3. The van der Waals surface area contributed by atoms with Gasteiger partial charge in [-0.15, -0.1) is 13.2 Å². The first kappa shape index (κ1) is 22.5. The minimum Gasteiger partial charge on any atom is -0.492 e. The Bertz CT molecular complexity index is 992. The van der Waals surface area contributed by atoms with Crippen LogP contribution in [-0.4, -0.2) is 34.6 Å². The van der Waals surface area contributed by atoms with Crippen molar-refractivity contribution in [3.8, 4) is 22.6 Å². The fraction of sp³-hybridized carbons (Fsp3) is 0.348. The lowest BCUT2D eigenvalue weighted by Crippen LogP contribution is -2.44. The predicted octanol–water partition coefficient (Wildman–Crippen LogP) is 6.11. The van der Waals surface area contributed by atoms with Gasteiger partial charge in [-0.05, 0) is 55.7 Å². The van der Waals surface area contributed by atoms with Crippen molar-refractivity contribution in [2.24, 2.45) is 0 Å². The van der Waals surface area contributed by atoms with Gasteiger partial charge in [-0.25, -0.2) is 4.79 Å². The molecular formula is C23H24F3NO4. The van der Waals surface area contributed by atoms with Crippen LogP contribution in [0.5, 0.6) is 11.5 Å². The third kappa shape index (κ3) is 4.95. The number of rotatable bonds is 5. The molecule has 166 valence electrons. The lowest BCUT2D eigenvalue weighted by Gasteiger charge is -2.34. The molecule has 0 atom stereocenters. The van der Waals surface area contributed by atoms with Crippen molar-refractivity contribution in [1.29, 1.82) is 0 Å². The number of benzene rings is 2. The van der Waals surface area contributed by atoms with E-state index in [0.717, 1.165) is 16.7 Å². The fourth-order valence-corrected chi connectivity index (χ4v) is 3.66. The molecule has 2 aromatic carbocycles. The van der Waals surface area contributed by atoms with Gasteiger partial charge in [-0.2, -0.15) is 0 Å². The highest BCUT2D eigenvalue weighted by molar-refractivity contribution is 5.79. The molecule has 0 saturated carbocycles. The monoisotopic (exact) mass is 435 g/mol. The Balaban J connectivity index is 2.08. The van der Waals surface area contributed by atoms with Gasteiger partial charge in [0.2, 0.25) is 0 Å². The van der Waals surface area contributed by atoms with Gasteiger partial charge < -0.3 is 14.6 Å². The smallest absolute Gasteiger partial charge is 0.492 e. The first-order chi connectivity index (χ1) is 14.4. The van der Waals surface area contributed by atoms with Crippen molar-refractivity contribution < 1.29 is 32.5 Å². The van der Waals surface area contributed by atoms with Gasteiger partial charge in [-0.1, -0.05) is 24.8 Å². The summed E-state index contributed by atoms with van der Waals surface area (Å²) in [6, 6.07) is 7.35. The van der Waals surface area contributed by atoms with Crippen molar-refractivity contribution in [2.45, 2.75) is 45.6 Å². The highest BCUT2D eigenvalue weighted by Gasteiger charge is 2.32. The second kappa shape index (κ2) is 8.17. The Labute approximate surface area is 178 Å². The van der Waals surface area contributed by atoms with E-state index >= 15 is 0 Å². The third-order valence-corrected chi connectivity index (χ3v) is 5.08. The van der Waals surface area contributed by atoms with E-state index in [9.17, 15) is 23.1 Å². The van der Waals surface area contributed by atoms with Gasteiger partial charge in [0.15, 0.2) is 0 Å². The molecule has 0 aromatic heterocycles. The molecule has 3 rings (SSSR count). The fourth-order valence-electron chi connectivity index (χ4n) is 3.66. The van der Waals surface area contributed by atoms with Crippen molar-refractivity contribution in [3.05, 3.63) is 53.6 Å². The molecule has 0 bridgehead atoms. The molecule has 1 N–H and O–H groups in total. The molecule has 5 nitrogen and oxygen atoms in total. The summed E-state index contributed by atoms with van der Waals surface area (Å²) in [7, 11) is 0. The molecule has 0 spiro atoms. The Morgan fingerprint density at radius 3 is 2.42 bits per heavy atom. The Kier molecular flexibility index (Phi) is 5.93. The van der Waals surface area contributed by atoms with Crippen molar-refractivity contribution in [1.82, 2.24) is 4.90 Å². The van der Waals surface area contributed by atoms with Crippen LogP contribution < -0.4 is 9.47 Å². The number of carbonyl (C=O) groups is 1. The van der Waals surface area contributed by atoms with Gasteiger partial charge >= 0.3 is 12.5 Å². The summed E-state index contributed by atoms with van der Waals surface area (Å²) in [4.78, 5) is 13.2. The molecular weight excluding hydrogens is 411 g/mol. The summed E-state index contributed by atoms with van der Waals surface area (Å²) in [5, 5.41) is 9.71. The van der Waals surface area contributed by atoms with Crippen molar-refractivity contribution in [2.75, 3.05) is 6.61 Å². The third-order valence-electron chi connectivity index (χ3n) is 5.08. The van der Waals surface area contributed by atoms with Crippen LogP contribution in [-0.2, 0) is 13.0 Å². The van der Waals surface area contributed by atoms with Crippen LogP contribution in [0.15, 0.2) is 36.9 Å². The van der Waals surface area contributed by atoms with Crippen LogP contribution in [0.1, 0.15) is 37.5 Å². The largest absolute Gasteiger partial charge is 0.573 e. The topological polar surface area (TPSA) is 59.0 Å². The van der Waals surface area contributed by atoms with E-state index in [2.05, 4.69) is 11.3 Å². The Morgan fingerprint density at radius 2 is 1.90 bits per heavy atom. The van der Waals surface area contributed by atoms with Crippen LogP contribution in [0.3, 0.4) is 0 Å². The number of fused-ring (bicyclic) bond motifs is 1. The van der Waals surface area contributed by atoms with E-state index in [1.807, 2.05) is 26.8 Å². The van der Waals surface area contributed by atoms with Crippen molar-refractivity contribution >= 4 is 12.2 Å². The molecule has 2 aromatic rings. The minimum atomic E-state index is -4.77.